The molecule has 0 bridgehead atoms. The second-order valence-electron chi connectivity index (χ2n) is 10.6. The number of hydrogen-bond acceptors (Lipinski definition) is 2. The van der Waals surface area contributed by atoms with Gasteiger partial charge in [0, 0.05) is 49.8 Å². The summed E-state index contributed by atoms with van der Waals surface area (Å²) >= 11 is 0. The molecule has 0 radical (unpaired) electrons. The van der Waals surface area contributed by atoms with Crippen molar-refractivity contribution in [3.8, 4) is 39.8 Å². The van der Waals surface area contributed by atoms with E-state index in [1.54, 1.807) is 0 Å². The number of rotatable bonds is 2. The van der Waals surface area contributed by atoms with Crippen molar-refractivity contribution in [2.45, 2.75) is 0 Å². The molecule has 5 heteroatoms. The van der Waals surface area contributed by atoms with Crippen molar-refractivity contribution in [1.29, 1.82) is 0 Å². The van der Waals surface area contributed by atoms with Crippen LogP contribution in [0.15, 0.2) is 151 Å². The summed E-state index contributed by atoms with van der Waals surface area (Å²) in [5.41, 5.74) is -5.64. The van der Waals surface area contributed by atoms with E-state index in [4.69, 9.17) is 36.8 Å². The van der Waals surface area contributed by atoms with Crippen LogP contribution in [-0.4, -0.2) is 16.0 Å². The third-order valence-corrected chi connectivity index (χ3v) is 8.16. The van der Waals surface area contributed by atoms with Crippen molar-refractivity contribution in [3.05, 3.63) is 151 Å². The SMILES string of the molecule is [2H]c1c([2H])c([2H])c2c(c1[2H])Oc1c([2H])c(-n3c4c([2H])c([2H])c([2H])c([2H])c4c4c([2H])c([2H])c([2H])c([2H])c43)c([2H])c3c1B2Oc1c([2H])c([2H])c(-n2c4c([2H])c([2H])c([2H])c([2H])c4c4c([2H])c([2H])c([2H])c([2H])c42)c([2H])c1-3. The molecule has 7 aromatic carbocycles. The number of nitrogens with zero attached hydrogens (tertiary/aromatic N) is 2. The Morgan fingerprint density at radius 2 is 0.957 bits per heavy atom. The van der Waals surface area contributed by atoms with Crippen LogP contribution < -0.4 is 20.3 Å². The fourth-order valence-electron chi connectivity index (χ4n) is 6.25. The maximum absolute atomic E-state index is 10.2. The summed E-state index contributed by atoms with van der Waals surface area (Å²) < 4.78 is 239. The minimum Gasteiger partial charge on any atom is -0.551 e. The van der Waals surface area contributed by atoms with Crippen LogP contribution in [0.4, 0.5) is 0 Å². The third kappa shape index (κ3) is 3.38. The molecule has 0 N–H and O–H groups in total. The smallest absolute Gasteiger partial charge is 0.434 e. The summed E-state index contributed by atoms with van der Waals surface area (Å²) in [6, 6.07) is -20.6. The Hall–Kier alpha value is -6.20. The summed E-state index contributed by atoms with van der Waals surface area (Å²) in [7, 11) is 0. The van der Waals surface area contributed by atoms with E-state index < -0.39 is 247 Å². The van der Waals surface area contributed by atoms with Crippen molar-refractivity contribution in [1.82, 2.24) is 9.13 Å². The Kier molecular flexibility index (Phi) is 2.20. The van der Waals surface area contributed by atoms with E-state index in [0.717, 1.165) is 9.13 Å². The van der Waals surface area contributed by atoms with Gasteiger partial charge in [0.05, 0.1) is 62.0 Å². The number of para-hydroxylation sites is 5. The molecular formula is C42H25BN2O2. The van der Waals surface area contributed by atoms with Crippen LogP contribution in [0.2, 0.25) is 0 Å². The predicted octanol–water partition coefficient (Wildman–Crippen LogP) is 9.15. The fourth-order valence-corrected chi connectivity index (χ4v) is 6.25. The van der Waals surface area contributed by atoms with Gasteiger partial charge in [-0.1, -0.05) is 90.6 Å². The standard InChI is InChI=1S/C42H25BN2O2/c1-6-16-35-28(11-1)29-12-2-7-17-36(29)44(35)26-21-22-39-32(23-26)33-24-27(25-41-42(33)43(47-39)34-15-5-10-20-40(34)46-41)45-37-18-8-3-13-30(37)31-14-4-9-19-38(31)45/h1-25H/i1D,2D,3D,4D,5D,6D,7D,8D,9D,10D,11D,12D,13D,14D,15D,16D,17D,18D,19D,20D,21D,22D,23D,24D,25D. The third-order valence-electron chi connectivity index (χ3n) is 8.16. The van der Waals surface area contributed by atoms with Gasteiger partial charge in [-0.2, -0.15) is 0 Å². The molecule has 9 aromatic rings. The van der Waals surface area contributed by atoms with Crippen molar-refractivity contribution in [2.24, 2.45) is 0 Å². The van der Waals surface area contributed by atoms with Gasteiger partial charge in [-0.05, 0) is 59.9 Å². The predicted molar refractivity (Wildman–Crippen MR) is 193 cm³/mol. The lowest BCUT2D eigenvalue weighted by atomic mass is 9.51. The van der Waals surface area contributed by atoms with Gasteiger partial charge in [-0.15, -0.1) is 0 Å². The number of hydrogen-bond donors (Lipinski definition) is 0. The first-order chi connectivity index (χ1) is 33.7. The van der Waals surface area contributed by atoms with Crippen LogP contribution in [0, 0.1) is 0 Å². The van der Waals surface area contributed by atoms with E-state index in [0.29, 0.717) is 0 Å². The van der Waals surface area contributed by atoms with Gasteiger partial charge in [-0.25, -0.2) is 0 Å². The van der Waals surface area contributed by atoms with Crippen LogP contribution in [-0.2, 0) is 0 Å². The Morgan fingerprint density at radius 1 is 0.447 bits per heavy atom. The zero-order chi connectivity index (χ0) is 52.4. The first-order valence-electron chi connectivity index (χ1n) is 26.5. The van der Waals surface area contributed by atoms with Crippen LogP contribution in [0.25, 0.3) is 66.1 Å². The topological polar surface area (TPSA) is 28.3 Å². The molecule has 4 heterocycles. The van der Waals surface area contributed by atoms with Crippen LogP contribution >= 0.6 is 0 Å². The number of aromatic nitrogens is 2. The first-order valence-corrected chi connectivity index (χ1v) is 14.0. The zero-order valence-corrected chi connectivity index (χ0v) is 23.3. The molecule has 2 aliphatic heterocycles. The van der Waals surface area contributed by atoms with E-state index in [2.05, 4.69) is 0 Å². The van der Waals surface area contributed by atoms with Gasteiger partial charge in [0.1, 0.15) is 17.2 Å². The lowest BCUT2D eigenvalue weighted by molar-refractivity contribution is 0.479. The minimum absolute atomic E-state index is 0.383. The molecule has 2 aliphatic rings. The average molecular weight is 626 g/mol. The molecule has 0 spiro atoms. The molecule has 0 atom stereocenters. The molecule has 218 valence electrons. The molecule has 2 aromatic heterocycles. The molecule has 0 aliphatic carbocycles. The molecule has 0 amide bonds. The summed E-state index contributed by atoms with van der Waals surface area (Å²) in [6.45, 7) is -1.83. The Morgan fingerprint density at radius 3 is 1.57 bits per heavy atom. The maximum Gasteiger partial charge on any atom is 0.434 e. The highest BCUT2D eigenvalue weighted by Crippen LogP contribution is 2.43. The van der Waals surface area contributed by atoms with Gasteiger partial charge in [0.2, 0.25) is 0 Å². The fraction of sp³-hybridized carbons (Fsp3) is 0. The first kappa shape index (κ1) is 11.3. The van der Waals surface area contributed by atoms with Crippen LogP contribution in [0.5, 0.6) is 17.2 Å². The molecule has 0 unspecified atom stereocenters. The Balaban J connectivity index is 1.39. The molecule has 11 rings (SSSR count). The van der Waals surface area contributed by atoms with Crippen LogP contribution in [0.1, 0.15) is 34.3 Å². The molecule has 4 nitrogen and oxygen atoms in total. The second-order valence-corrected chi connectivity index (χ2v) is 10.6. The van der Waals surface area contributed by atoms with E-state index in [1.165, 1.54) is 0 Å². The van der Waals surface area contributed by atoms with E-state index >= 15 is 0 Å². The highest BCUT2D eigenvalue weighted by Gasteiger charge is 2.41. The maximum atomic E-state index is 10.2. The summed E-state index contributed by atoms with van der Waals surface area (Å²) in [5.74, 6) is -1.96. The zero-order valence-electron chi connectivity index (χ0n) is 48.3. The number of fused-ring (bicyclic) bond motifs is 10. The number of ether oxygens (including phenoxy) is 1. The van der Waals surface area contributed by atoms with Crippen molar-refractivity contribution >= 4 is 61.5 Å². The summed E-state index contributed by atoms with van der Waals surface area (Å²) in [5, 5.41) is -1.79. The number of benzene rings is 7. The van der Waals surface area contributed by atoms with Crippen molar-refractivity contribution < 1.29 is 43.7 Å². The molecule has 0 fully saturated rings. The van der Waals surface area contributed by atoms with Gasteiger partial charge in [-0.3, -0.25) is 0 Å². The quantitative estimate of drug-likeness (QED) is 0.179. The molecular weight excluding hydrogens is 575 g/mol. The van der Waals surface area contributed by atoms with Gasteiger partial charge < -0.3 is 18.5 Å². The second kappa shape index (κ2) is 9.18. The van der Waals surface area contributed by atoms with Crippen molar-refractivity contribution in [2.75, 3.05) is 0 Å². The Bertz CT molecular complexity index is 4030. The highest BCUT2D eigenvalue weighted by molar-refractivity contribution is 6.84. The van der Waals surface area contributed by atoms with Gasteiger partial charge in [0.25, 0.3) is 0 Å². The monoisotopic (exact) mass is 625 g/mol. The van der Waals surface area contributed by atoms with E-state index in [1.807, 2.05) is 0 Å². The van der Waals surface area contributed by atoms with E-state index in [9.17, 15) is 6.85 Å². The van der Waals surface area contributed by atoms with Crippen LogP contribution in [0.3, 0.4) is 0 Å². The average Bonchev–Trinajstić information content (AvgIpc) is 3.90. The lowest BCUT2D eigenvalue weighted by Gasteiger charge is -2.33. The van der Waals surface area contributed by atoms with Gasteiger partial charge in [0.15, 0.2) is 0 Å². The molecule has 0 saturated carbocycles. The summed E-state index contributed by atoms with van der Waals surface area (Å²) in [4.78, 5) is 0. The largest absolute Gasteiger partial charge is 0.551 e. The minimum atomic E-state index is -1.83. The molecule has 47 heavy (non-hydrogen) atoms. The Labute approximate surface area is 305 Å². The van der Waals surface area contributed by atoms with Crippen molar-refractivity contribution in [3.63, 3.8) is 0 Å². The normalized spacial score (nSPS) is 20.4. The lowest BCUT2D eigenvalue weighted by Crippen LogP contribution is -2.53. The highest BCUT2D eigenvalue weighted by atomic mass is 16.5. The molecule has 0 saturated heterocycles. The van der Waals surface area contributed by atoms with Gasteiger partial charge >= 0.3 is 6.92 Å². The van der Waals surface area contributed by atoms with E-state index in [-0.39, 0.29) is 5.46 Å². The summed E-state index contributed by atoms with van der Waals surface area (Å²) in [6.07, 6.45) is 0.